The summed E-state index contributed by atoms with van der Waals surface area (Å²) in [7, 11) is -3.44. The average Bonchev–Trinajstić information content (AvgIpc) is 2.36. The van der Waals surface area contributed by atoms with Crippen LogP contribution in [0.15, 0.2) is 46.1 Å². The van der Waals surface area contributed by atoms with E-state index in [1.54, 1.807) is 18.2 Å². The predicted octanol–water partition coefficient (Wildman–Crippen LogP) is -0.676. The molecule has 118 valence electrons. The van der Waals surface area contributed by atoms with Crippen molar-refractivity contribution < 1.29 is 13.3 Å². The largest absolute Gasteiger partial charge is 0.378 e. The van der Waals surface area contributed by atoms with Gasteiger partial charge in [0.1, 0.15) is 0 Å². The van der Waals surface area contributed by atoms with Gasteiger partial charge in [-0.2, -0.15) is 0 Å². The van der Waals surface area contributed by atoms with E-state index < -0.39 is 26.2 Å². The summed E-state index contributed by atoms with van der Waals surface area (Å²) in [5, 5.41) is 13.3. The van der Waals surface area contributed by atoms with Crippen molar-refractivity contribution in [3.63, 3.8) is 0 Å². The molecule has 2 rings (SSSR count). The number of nitrogens with two attached hydrogens (primary N) is 2. The van der Waals surface area contributed by atoms with Gasteiger partial charge in [-0.1, -0.05) is 18.2 Å². The van der Waals surface area contributed by atoms with E-state index in [1.807, 2.05) is 0 Å². The first-order chi connectivity index (χ1) is 10.1. The Morgan fingerprint density at radius 2 is 2.05 bits per heavy atom. The number of nitro groups is 1. The van der Waals surface area contributed by atoms with Crippen LogP contribution in [0.3, 0.4) is 0 Å². The number of rotatable bonds is 4. The first-order valence-electron chi connectivity index (χ1n) is 6.17. The van der Waals surface area contributed by atoms with Gasteiger partial charge in [-0.3, -0.25) is 15.8 Å². The third-order valence-corrected chi connectivity index (χ3v) is 4.27. The molecule has 1 aliphatic heterocycles. The second kappa shape index (κ2) is 5.39. The highest BCUT2D eigenvalue weighted by Crippen LogP contribution is 2.21. The van der Waals surface area contributed by atoms with Crippen LogP contribution >= 0.6 is 0 Å². The second-order valence-corrected chi connectivity index (χ2v) is 6.89. The van der Waals surface area contributed by atoms with Crippen LogP contribution in [0.4, 0.5) is 0 Å². The van der Waals surface area contributed by atoms with Gasteiger partial charge < -0.3 is 11.1 Å². The van der Waals surface area contributed by atoms with E-state index in [4.69, 9.17) is 11.5 Å². The molecule has 0 spiro atoms. The van der Waals surface area contributed by atoms with E-state index in [2.05, 4.69) is 10.3 Å². The van der Waals surface area contributed by atoms with Crippen LogP contribution in [-0.2, 0) is 16.3 Å². The Balaban J connectivity index is 2.36. The zero-order chi connectivity index (χ0) is 16.5. The van der Waals surface area contributed by atoms with Gasteiger partial charge in [0.15, 0.2) is 15.6 Å². The predicted molar refractivity (Wildman–Crippen MR) is 80.0 cm³/mol. The lowest BCUT2D eigenvalue weighted by Gasteiger charge is -2.28. The molecule has 1 aromatic rings. The molecule has 0 saturated heterocycles. The highest BCUT2D eigenvalue weighted by molar-refractivity contribution is 7.90. The summed E-state index contributed by atoms with van der Waals surface area (Å²) in [4.78, 5) is 14.1. The van der Waals surface area contributed by atoms with E-state index in [9.17, 15) is 18.5 Å². The van der Waals surface area contributed by atoms with E-state index in [-0.39, 0.29) is 17.2 Å². The Bertz CT molecular complexity index is 786. The summed E-state index contributed by atoms with van der Waals surface area (Å²) in [5.74, 6) is -1.77. The van der Waals surface area contributed by atoms with Crippen molar-refractivity contribution in [2.45, 2.75) is 17.1 Å². The zero-order valence-corrected chi connectivity index (χ0v) is 12.5. The van der Waals surface area contributed by atoms with Crippen LogP contribution in [0.1, 0.15) is 5.56 Å². The van der Waals surface area contributed by atoms with Crippen LogP contribution in [0, 0.1) is 10.1 Å². The van der Waals surface area contributed by atoms with E-state index in [0.29, 0.717) is 5.56 Å². The smallest absolute Gasteiger partial charge is 0.326 e. The van der Waals surface area contributed by atoms with Crippen molar-refractivity contribution in [2.75, 3.05) is 6.26 Å². The SMILES string of the molecule is CS(=O)(=O)c1ccccc1CC1(N)N=C(N)C([N+](=O)[O-])=CN1. The summed E-state index contributed by atoms with van der Waals surface area (Å²) in [6, 6.07) is 6.33. The van der Waals surface area contributed by atoms with Crippen molar-refractivity contribution in [1.29, 1.82) is 0 Å². The summed E-state index contributed by atoms with van der Waals surface area (Å²) in [6.07, 6.45) is 2.15. The number of nitrogens with zero attached hydrogens (tertiary/aromatic N) is 2. The van der Waals surface area contributed by atoms with Gasteiger partial charge in [0.05, 0.1) is 16.0 Å². The third kappa shape index (κ3) is 3.23. The number of sulfone groups is 1. The molecule has 0 radical (unpaired) electrons. The van der Waals surface area contributed by atoms with Crippen molar-refractivity contribution in [3.8, 4) is 0 Å². The van der Waals surface area contributed by atoms with Crippen molar-refractivity contribution in [1.82, 2.24) is 5.32 Å². The monoisotopic (exact) mass is 325 g/mol. The zero-order valence-electron chi connectivity index (χ0n) is 11.7. The molecular formula is C12H15N5O4S. The standard InChI is InChI=1S/C12H15N5O4S/c1-22(20,21)10-5-3-2-4-8(10)6-12(14)15-7-9(17(18)19)11(13)16-12/h2-5,7,15H,6,14H2,1H3,(H2,13,16). The van der Waals surface area contributed by atoms with Gasteiger partial charge in [-0.15, -0.1) is 0 Å². The molecule has 1 atom stereocenters. The van der Waals surface area contributed by atoms with Gasteiger partial charge >= 0.3 is 5.70 Å². The van der Waals surface area contributed by atoms with Gasteiger partial charge in [0.25, 0.3) is 0 Å². The summed E-state index contributed by atoms with van der Waals surface area (Å²) < 4.78 is 23.6. The molecule has 1 heterocycles. The Labute approximate surface area is 126 Å². The quantitative estimate of drug-likeness (QED) is 0.489. The number of hydrogen-bond donors (Lipinski definition) is 3. The molecule has 1 aromatic carbocycles. The fourth-order valence-corrected chi connectivity index (χ4v) is 3.05. The molecule has 5 N–H and O–H groups in total. The molecule has 1 aliphatic rings. The molecule has 0 saturated carbocycles. The van der Waals surface area contributed by atoms with Crippen molar-refractivity contribution >= 4 is 15.7 Å². The van der Waals surface area contributed by atoms with Crippen LogP contribution < -0.4 is 16.8 Å². The molecule has 0 aliphatic carbocycles. The maximum absolute atomic E-state index is 11.8. The highest BCUT2D eigenvalue weighted by atomic mass is 32.2. The highest BCUT2D eigenvalue weighted by Gasteiger charge is 2.33. The molecule has 0 amide bonds. The van der Waals surface area contributed by atoms with Crippen LogP contribution in [0.25, 0.3) is 0 Å². The number of nitrogens with one attached hydrogen (secondary N) is 1. The Morgan fingerprint density at radius 1 is 1.41 bits per heavy atom. The van der Waals surface area contributed by atoms with E-state index in [1.165, 1.54) is 6.07 Å². The molecule has 10 heteroatoms. The molecule has 9 nitrogen and oxygen atoms in total. The minimum atomic E-state index is -3.44. The first-order valence-corrected chi connectivity index (χ1v) is 8.06. The lowest BCUT2D eigenvalue weighted by Crippen LogP contribution is -2.55. The maximum Gasteiger partial charge on any atom is 0.326 e. The molecule has 1 unspecified atom stereocenters. The van der Waals surface area contributed by atoms with Crippen LogP contribution in [0.5, 0.6) is 0 Å². The van der Waals surface area contributed by atoms with E-state index >= 15 is 0 Å². The average molecular weight is 325 g/mol. The van der Waals surface area contributed by atoms with Gasteiger partial charge in [0, 0.05) is 12.7 Å². The fraction of sp³-hybridized carbons (Fsp3) is 0.250. The second-order valence-electron chi connectivity index (χ2n) is 4.91. The van der Waals surface area contributed by atoms with Gasteiger partial charge in [-0.05, 0) is 11.6 Å². The van der Waals surface area contributed by atoms with Crippen molar-refractivity contribution in [3.05, 3.63) is 51.8 Å². The molecule has 0 bridgehead atoms. The first kappa shape index (κ1) is 15.9. The number of benzene rings is 1. The molecular weight excluding hydrogens is 310 g/mol. The lowest BCUT2D eigenvalue weighted by atomic mass is 10.1. The van der Waals surface area contributed by atoms with Crippen LogP contribution in [-0.4, -0.2) is 31.2 Å². The van der Waals surface area contributed by atoms with Crippen molar-refractivity contribution in [2.24, 2.45) is 16.5 Å². The number of amidine groups is 1. The lowest BCUT2D eigenvalue weighted by molar-refractivity contribution is -0.416. The molecule has 0 aromatic heterocycles. The van der Waals surface area contributed by atoms with Crippen LogP contribution in [0.2, 0.25) is 0 Å². The Hall–Kier alpha value is -2.46. The maximum atomic E-state index is 11.8. The summed E-state index contributed by atoms with van der Waals surface area (Å²) >= 11 is 0. The Kier molecular flexibility index (Phi) is 3.90. The summed E-state index contributed by atoms with van der Waals surface area (Å²) in [6.45, 7) is 0. The Morgan fingerprint density at radius 3 is 2.59 bits per heavy atom. The third-order valence-electron chi connectivity index (χ3n) is 3.07. The number of hydrogen-bond acceptors (Lipinski definition) is 8. The molecule has 22 heavy (non-hydrogen) atoms. The summed E-state index contributed by atoms with van der Waals surface area (Å²) in [5.41, 5.74) is 11.6. The normalized spacial score (nSPS) is 21.5. The molecule has 0 fully saturated rings. The minimum Gasteiger partial charge on any atom is -0.378 e. The minimum absolute atomic E-state index is 0.00155. The number of aliphatic imine (C=N–C) groups is 1. The van der Waals surface area contributed by atoms with E-state index in [0.717, 1.165) is 12.5 Å². The topological polar surface area (TPSA) is 154 Å². The van der Waals surface area contributed by atoms with Gasteiger partial charge in [-0.25, -0.2) is 13.4 Å². The fourth-order valence-electron chi connectivity index (χ4n) is 2.11. The van der Waals surface area contributed by atoms with Gasteiger partial charge in [0.2, 0.25) is 5.84 Å².